The monoisotopic (exact) mass is 878 g/mol. The molecular weight excluding hydrogens is 833 g/mol. The molecule has 0 unspecified atom stereocenters. The fraction of sp³-hybridized carbons (Fsp3) is 0.0179. The van der Waals surface area contributed by atoms with Crippen molar-refractivity contribution in [3.8, 4) is 0 Å². The van der Waals surface area contributed by atoms with Gasteiger partial charge in [0, 0.05) is 0 Å². The van der Waals surface area contributed by atoms with Crippen LogP contribution in [0.2, 0.25) is 0 Å². The summed E-state index contributed by atoms with van der Waals surface area (Å²) in [6.45, 7) is 0. The molecule has 9 rings (SSSR count). The number of carbonyl (C=O) groups is 1. The van der Waals surface area contributed by atoms with Crippen molar-refractivity contribution < 1.29 is 9.90 Å². The second kappa shape index (κ2) is 17.1. The van der Waals surface area contributed by atoms with Crippen LogP contribution in [0.15, 0.2) is 273 Å². The number of carboxylic acid groups (broad SMARTS) is 1. The Hall–Kier alpha value is -5.97. The molecule has 0 saturated heterocycles. The van der Waals surface area contributed by atoms with Crippen LogP contribution < -0.4 is 47.7 Å². The third kappa shape index (κ3) is 5.79. The number of carboxylic acids is 1. The Morgan fingerprint density at radius 3 is 0.645 bits per heavy atom. The van der Waals surface area contributed by atoms with Crippen molar-refractivity contribution >= 4 is 85.4 Å². The van der Waals surface area contributed by atoms with Gasteiger partial charge in [-0.15, -0.1) is 0 Å². The first-order chi connectivity index (χ1) is 30.5. The van der Waals surface area contributed by atoms with Crippen LogP contribution >= 0.6 is 31.7 Å². The molecule has 0 aliphatic carbocycles. The molecule has 0 heterocycles. The van der Waals surface area contributed by atoms with Crippen LogP contribution in [0.1, 0.15) is 0 Å². The molecule has 0 amide bonds. The Kier molecular flexibility index (Phi) is 11.4. The zero-order valence-corrected chi connectivity index (χ0v) is 37.5. The van der Waals surface area contributed by atoms with Gasteiger partial charge in [-0.1, -0.05) is 0 Å². The molecule has 0 bridgehead atoms. The molecular formula is C56H46ClO2P3+2. The third-order valence-corrected chi connectivity index (χ3v) is 35.5. The van der Waals surface area contributed by atoms with E-state index >= 15 is 4.79 Å². The molecule has 0 aliphatic heterocycles. The Bertz CT molecular complexity index is 2450. The van der Waals surface area contributed by atoms with E-state index in [0.29, 0.717) is 0 Å². The second-order valence-electron chi connectivity index (χ2n) is 15.3. The predicted molar refractivity (Wildman–Crippen MR) is 272 cm³/mol. The Morgan fingerprint density at radius 2 is 0.484 bits per heavy atom. The molecule has 6 heteroatoms. The third-order valence-electron chi connectivity index (χ3n) is 12.4. The summed E-state index contributed by atoms with van der Waals surface area (Å²) in [6, 6.07) is 93.7. The first kappa shape index (κ1) is 41.4. The number of halogens is 1. The van der Waals surface area contributed by atoms with Gasteiger partial charge in [0.05, 0.1) is 0 Å². The number of hydrogen-bond acceptors (Lipinski definition) is 1. The SMILES string of the molecule is O=C(O)C([P+](c1ccccc1)(c1ccccc1)c1ccccc1)([P+](c1ccccc1)(c1ccccc1)c1ccccc1)P(Cl)(c1ccccc1)(c1ccccc1)c1ccccc1. The summed E-state index contributed by atoms with van der Waals surface area (Å²) in [5.74, 6) is -6.21. The van der Waals surface area contributed by atoms with Crippen molar-refractivity contribution in [1.29, 1.82) is 0 Å². The maximum atomic E-state index is 17.3. The molecule has 0 radical (unpaired) electrons. The van der Waals surface area contributed by atoms with E-state index in [1.165, 1.54) is 0 Å². The minimum atomic E-state index is -5.25. The fourth-order valence-corrected chi connectivity index (χ4v) is 38.8. The summed E-state index contributed by atoms with van der Waals surface area (Å²) >= 11 is 9.96. The fourth-order valence-electron chi connectivity index (χ4n) is 10.3. The zero-order valence-electron chi connectivity index (χ0n) is 34.1. The van der Waals surface area contributed by atoms with Gasteiger partial charge in [0.1, 0.15) is 0 Å². The van der Waals surface area contributed by atoms with Gasteiger partial charge < -0.3 is 0 Å². The van der Waals surface area contributed by atoms with E-state index in [9.17, 15) is 16.3 Å². The molecule has 2 nitrogen and oxygen atoms in total. The van der Waals surface area contributed by atoms with Crippen LogP contribution in [0.3, 0.4) is 0 Å². The van der Waals surface area contributed by atoms with Crippen LogP contribution in [-0.2, 0) is 4.79 Å². The van der Waals surface area contributed by atoms with Gasteiger partial charge in [-0.05, 0) is 0 Å². The van der Waals surface area contributed by atoms with Crippen LogP contribution in [0.4, 0.5) is 0 Å². The van der Waals surface area contributed by atoms with Gasteiger partial charge in [0.15, 0.2) is 0 Å². The predicted octanol–water partition coefficient (Wildman–Crippen LogP) is 10.4. The Balaban J connectivity index is 1.80. The molecule has 0 fully saturated rings. The number of benzene rings is 9. The summed E-state index contributed by atoms with van der Waals surface area (Å²) in [7, 11) is -7.55. The zero-order chi connectivity index (χ0) is 42.5. The summed E-state index contributed by atoms with van der Waals surface area (Å²) in [4.78, 5) is 17.3. The number of aliphatic carboxylic acids is 1. The van der Waals surface area contributed by atoms with E-state index in [1.807, 2.05) is 91.0 Å². The van der Waals surface area contributed by atoms with Gasteiger partial charge >= 0.3 is 373 Å². The van der Waals surface area contributed by atoms with E-state index in [-0.39, 0.29) is 0 Å². The molecule has 0 spiro atoms. The van der Waals surface area contributed by atoms with Gasteiger partial charge in [0.2, 0.25) is 0 Å². The van der Waals surface area contributed by atoms with Gasteiger partial charge in [-0.3, -0.25) is 0 Å². The topological polar surface area (TPSA) is 37.3 Å². The summed E-state index contributed by atoms with van der Waals surface area (Å²) in [6.07, 6.45) is 0. The van der Waals surface area contributed by atoms with E-state index in [4.69, 9.17) is 0 Å². The standard InChI is InChI=1S/C56H45ClO2P3/c57-62(52-40-22-7-23-41-52,53-42-24-8-25-43-53,54-44-26-9-27-45-54)56(55(58)59,60(46-28-10-1-11-29-46,47-30-12-2-13-31-47)48-32-14-3-15-33-48)61(49-34-16-4-17-35-49,50-36-18-5-19-37-50)51-38-20-6-21-39-51/h1-45H/q+1/p+1. The van der Waals surface area contributed by atoms with E-state index in [0.717, 1.165) is 47.7 Å². The molecule has 0 aliphatic rings. The normalized spacial score (nSPS) is 12.8. The average Bonchev–Trinajstić information content (AvgIpc) is 3.36. The van der Waals surface area contributed by atoms with Crippen molar-refractivity contribution in [2.24, 2.45) is 0 Å². The van der Waals surface area contributed by atoms with Crippen LogP contribution in [0, 0.1) is 0 Å². The molecule has 62 heavy (non-hydrogen) atoms. The average molecular weight is 879 g/mol. The maximum absolute atomic E-state index is 17.3. The Labute approximate surface area is 371 Å². The molecule has 0 saturated carbocycles. The van der Waals surface area contributed by atoms with Gasteiger partial charge in [-0.25, -0.2) is 0 Å². The van der Waals surface area contributed by atoms with Crippen LogP contribution in [0.5, 0.6) is 0 Å². The first-order valence-electron chi connectivity index (χ1n) is 20.7. The van der Waals surface area contributed by atoms with Crippen LogP contribution in [0.25, 0.3) is 0 Å². The van der Waals surface area contributed by atoms with Crippen LogP contribution in [-0.4, -0.2) is 15.7 Å². The van der Waals surface area contributed by atoms with Crippen molar-refractivity contribution in [1.82, 2.24) is 0 Å². The number of rotatable bonds is 13. The first-order valence-corrected chi connectivity index (χ1v) is 27.4. The quantitative estimate of drug-likeness (QED) is 0.117. The summed E-state index contributed by atoms with van der Waals surface area (Å²) in [5.41, 5.74) is 0. The Morgan fingerprint density at radius 1 is 0.323 bits per heavy atom. The second-order valence-corrected chi connectivity index (χ2v) is 29.8. The van der Waals surface area contributed by atoms with E-state index < -0.39 is 31.1 Å². The van der Waals surface area contributed by atoms with Crippen molar-refractivity contribution in [2.75, 3.05) is 0 Å². The molecule has 1 N–H and O–H groups in total. The van der Waals surface area contributed by atoms with Gasteiger partial charge in [0.25, 0.3) is 0 Å². The van der Waals surface area contributed by atoms with Gasteiger partial charge in [-0.2, -0.15) is 0 Å². The molecule has 302 valence electrons. The summed E-state index contributed by atoms with van der Waals surface area (Å²) in [5, 5.41) is 22.0. The van der Waals surface area contributed by atoms with E-state index in [2.05, 4.69) is 182 Å². The number of hydrogen-bond donors (Lipinski definition) is 1. The van der Waals surface area contributed by atoms with Crippen molar-refractivity contribution in [3.63, 3.8) is 0 Å². The van der Waals surface area contributed by atoms with Crippen molar-refractivity contribution in [2.45, 2.75) is 4.64 Å². The molecule has 0 aromatic heterocycles. The van der Waals surface area contributed by atoms with Crippen molar-refractivity contribution in [3.05, 3.63) is 273 Å². The van der Waals surface area contributed by atoms with E-state index in [1.54, 1.807) is 0 Å². The molecule has 0 atom stereocenters. The minimum absolute atomic E-state index is 0.777. The molecule has 9 aromatic rings. The summed E-state index contributed by atoms with van der Waals surface area (Å²) < 4.78 is -1.95. The molecule has 9 aromatic carbocycles.